The Bertz CT molecular complexity index is 1040. The van der Waals surface area contributed by atoms with Crippen molar-refractivity contribution in [2.24, 2.45) is 0 Å². The molecule has 0 radical (unpaired) electrons. The molecular formula is C18H18ClN5O2. The number of anilines is 1. The summed E-state index contributed by atoms with van der Waals surface area (Å²) in [7, 11) is 0. The molecule has 0 aliphatic rings. The topological polar surface area (TPSA) is 92.7 Å². The van der Waals surface area contributed by atoms with E-state index in [2.05, 4.69) is 20.4 Å². The van der Waals surface area contributed by atoms with Crippen molar-refractivity contribution in [2.75, 3.05) is 5.32 Å². The van der Waals surface area contributed by atoms with E-state index in [-0.39, 0.29) is 17.4 Å². The van der Waals surface area contributed by atoms with E-state index >= 15 is 0 Å². The number of nitrogens with one attached hydrogen (secondary N) is 2. The minimum absolute atomic E-state index is 0.213. The minimum atomic E-state index is -0.335. The van der Waals surface area contributed by atoms with Crippen LogP contribution in [0.3, 0.4) is 0 Å². The monoisotopic (exact) mass is 371 g/mol. The number of aryl methyl sites for hydroxylation is 2. The highest BCUT2D eigenvalue weighted by molar-refractivity contribution is 6.31. The van der Waals surface area contributed by atoms with Crippen molar-refractivity contribution in [3.05, 3.63) is 68.2 Å². The quantitative estimate of drug-likeness (QED) is 0.737. The van der Waals surface area contributed by atoms with Gasteiger partial charge < -0.3 is 5.32 Å². The molecule has 1 amide bonds. The van der Waals surface area contributed by atoms with Crippen molar-refractivity contribution in [1.29, 1.82) is 0 Å². The number of carbonyl (C=O) groups excluding carboxylic acids is 1. The Morgan fingerprint density at radius 1 is 1.31 bits per heavy atom. The van der Waals surface area contributed by atoms with Crippen molar-refractivity contribution < 1.29 is 4.79 Å². The normalized spacial score (nSPS) is 10.8. The standard InChI is InChI=1S/C18H18ClN5O2/c1-4-14-11(3)20-18(22-17(14)26)24-15(8-10(2)23-24)21-16(25)12-6-5-7-13(19)9-12/h5-9H,4H2,1-3H3,(H,21,25)(H,20,22,26). The summed E-state index contributed by atoms with van der Waals surface area (Å²) in [5.41, 5.74) is 2.14. The molecule has 0 unspecified atom stereocenters. The zero-order valence-corrected chi connectivity index (χ0v) is 15.4. The molecule has 0 fully saturated rings. The fraction of sp³-hybridized carbons (Fsp3) is 0.222. The second-order valence-corrected chi connectivity index (χ2v) is 6.29. The third kappa shape index (κ3) is 3.52. The van der Waals surface area contributed by atoms with Crippen LogP contribution in [0.25, 0.3) is 5.95 Å². The molecule has 0 aliphatic heterocycles. The van der Waals surface area contributed by atoms with Crippen LogP contribution >= 0.6 is 11.6 Å². The molecule has 26 heavy (non-hydrogen) atoms. The zero-order chi connectivity index (χ0) is 18.8. The molecule has 1 aromatic carbocycles. The van der Waals surface area contributed by atoms with E-state index in [1.54, 1.807) is 44.2 Å². The smallest absolute Gasteiger partial charge is 0.256 e. The first-order chi connectivity index (χ1) is 12.4. The summed E-state index contributed by atoms with van der Waals surface area (Å²) < 4.78 is 1.41. The summed E-state index contributed by atoms with van der Waals surface area (Å²) in [6.07, 6.45) is 0.588. The van der Waals surface area contributed by atoms with Gasteiger partial charge in [-0.2, -0.15) is 9.78 Å². The fourth-order valence-corrected chi connectivity index (χ4v) is 2.87. The summed E-state index contributed by atoms with van der Waals surface area (Å²) in [6.45, 7) is 5.46. The third-order valence-corrected chi connectivity index (χ3v) is 4.16. The van der Waals surface area contributed by atoms with E-state index in [1.165, 1.54) is 4.68 Å². The van der Waals surface area contributed by atoms with Crippen LogP contribution in [0.2, 0.25) is 5.02 Å². The van der Waals surface area contributed by atoms with Crippen molar-refractivity contribution in [2.45, 2.75) is 27.2 Å². The molecule has 0 atom stereocenters. The lowest BCUT2D eigenvalue weighted by atomic mass is 10.2. The van der Waals surface area contributed by atoms with Crippen LogP contribution in [0.15, 0.2) is 35.1 Å². The molecule has 2 aromatic heterocycles. The van der Waals surface area contributed by atoms with Gasteiger partial charge in [-0.05, 0) is 38.5 Å². The van der Waals surface area contributed by atoms with Crippen molar-refractivity contribution >= 4 is 23.3 Å². The van der Waals surface area contributed by atoms with Gasteiger partial charge in [-0.15, -0.1) is 0 Å². The summed E-state index contributed by atoms with van der Waals surface area (Å²) in [6, 6.07) is 8.33. The highest BCUT2D eigenvalue weighted by Crippen LogP contribution is 2.17. The average Bonchev–Trinajstić information content (AvgIpc) is 2.95. The molecule has 2 heterocycles. The number of aromatic amines is 1. The van der Waals surface area contributed by atoms with Gasteiger partial charge in [0.15, 0.2) is 0 Å². The molecule has 134 valence electrons. The van der Waals surface area contributed by atoms with Crippen LogP contribution in [0, 0.1) is 13.8 Å². The highest BCUT2D eigenvalue weighted by Gasteiger charge is 2.15. The van der Waals surface area contributed by atoms with Crippen molar-refractivity contribution in [3.63, 3.8) is 0 Å². The summed E-state index contributed by atoms with van der Waals surface area (Å²) in [4.78, 5) is 31.9. The Morgan fingerprint density at radius 3 is 2.73 bits per heavy atom. The Labute approximate surface area is 155 Å². The molecule has 0 bridgehead atoms. The van der Waals surface area contributed by atoms with Gasteiger partial charge in [-0.3, -0.25) is 14.6 Å². The van der Waals surface area contributed by atoms with E-state index in [0.717, 1.165) is 0 Å². The van der Waals surface area contributed by atoms with Crippen LogP contribution < -0.4 is 10.9 Å². The number of hydrogen-bond donors (Lipinski definition) is 2. The van der Waals surface area contributed by atoms with Gasteiger partial charge in [0.2, 0.25) is 5.95 Å². The molecule has 8 heteroatoms. The number of H-pyrrole nitrogens is 1. The first kappa shape index (κ1) is 17.9. The largest absolute Gasteiger partial charge is 0.306 e. The van der Waals surface area contributed by atoms with E-state index in [9.17, 15) is 9.59 Å². The lowest BCUT2D eigenvalue weighted by molar-refractivity contribution is 0.102. The zero-order valence-electron chi connectivity index (χ0n) is 14.6. The average molecular weight is 372 g/mol. The Morgan fingerprint density at radius 2 is 2.08 bits per heavy atom. The van der Waals surface area contributed by atoms with Crippen molar-refractivity contribution in [3.8, 4) is 5.95 Å². The molecule has 3 rings (SSSR count). The van der Waals surface area contributed by atoms with E-state index in [0.29, 0.717) is 39.8 Å². The molecule has 3 aromatic rings. The predicted molar refractivity (Wildman–Crippen MR) is 100 cm³/mol. The van der Waals surface area contributed by atoms with Gasteiger partial charge in [-0.1, -0.05) is 24.6 Å². The number of halogens is 1. The Hall–Kier alpha value is -2.93. The predicted octanol–water partition coefficient (Wildman–Crippen LogP) is 3.04. The minimum Gasteiger partial charge on any atom is -0.306 e. The number of carbonyl (C=O) groups is 1. The Balaban J connectivity index is 1.99. The SMILES string of the molecule is CCc1c(C)nc(-n2nc(C)cc2NC(=O)c2cccc(Cl)c2)[nH]c1=O. The van der Waals surface area contributed by atoms with Crippen LogP contribution in [-0.4, -0.2) is 25.7 Å². The molecular weight excluding hydrogens is 354 g/mol. The number of aromatic nitrogens is 4. The van der Waals surface area contributed by atoms with E-state index in [1.807, 2.05) is 6.92 Å². The summed E-state index contributed by atoms with van der Waals surface area (Å²) in [5.74, 6) is 0.316. The maximum absolute atomic E-state index is 12.5. The van der Waals surface area contributed by atoms with Gasteiger partial charge in [-0.25, -0.2) is 4.98 Å². The number of nitrogens with zero attached hydrogens (tertiary/aromatic N) is 3. The van der Waals surface area contributed by atoms with Gasteiger partial charge in [0, 0.05) is 27.9 Å². The first-order valence-corrected chi connectivity index (χ1v) is 8.50. The van der Waals surface area contributed by atoms with Crippen LogP contribution in [0.1, 0.15) is 34.2 Å². The molecule has 0 saturated heterocycles. The van der Waals surface area contributed by atoms with Gasteiger partial charge in [0.25, 0.3) is 11.5 Å². The van der Waals surface area contributed by atoms with Crippen LogP contribution in [0.4, 0.5) is 5.82 Å². The fourth-order valence-electron chi connectivity index (χ4n) is 2.68. The number of amides is 1. The molecule has 0 saturated carbocycles. The lowest BCUT2D eigenvalue weighted by Gasteiger charge is -2.10. The second kappa shape index (κ2) is 7.13. The maximum atomic E-state index is 12.5. The number of rotatable bonds is 4. The van der Waals surface area contributed by atoms with Crippen LogP contribution in [-0.2, 0) is 6.42 Å². The second-order valence-electron chi connectivity index (χ2n) is 5.85. The van der Waals surface area contributed by atoms with E-state index in [4.69, 9.17) is 11.6 Å². The van der Waals surface area contributed by atoms with Crippen molar-refractivity contribution in [1.82, 2.24) is 19.7 Å². The molecule has 0 spiro atoms. The number of benzene rings is 1. The third-order valence-electron chi connectivity index (χ3n) is 3.92. The van der Waals surface area contributed by atoms with E-state index < -0.39 is 0 Å². The molecule has 7 nitrogen and oxygen atoms in total. The summed E-state index contributed by atoms with van der Waals surface area (Å²) >= 11 is 5.94. The maximum Gasteiger partial charge on any atom is 0.256 e. The first-order valence-electron chi connectivity index (χ1n) is 8.12. The molecule has 2 N–H and O–H groups in total. The lowest BCUT2D eigenvalue weighted by Crippen LogP contribution is -2.22. The van der Waals surface area contributed by atoms with Gasteiger partial charge >= 0.3 is 0 Å². The van der Waals surface area contributed by atoms with Crippen LogP contribution in [0.5, 0.6) is 0 Å². The summed E-state index contributed by atoms with van der Waals surface area (Å²) in [5, 5.41) is 7.58. The van der Waals surface area contributed by atoms with Gasteiger partial charge in [0.1, 0.15) is 5.82 Å². The van der Waals surface area contributed by atoms with Gasteiger partial charge in [0.05, 0.1) is 5.69 Å². The Kier molecular flexibility index (Phi) is 4.90. The number of hydrogen-bond acceptors (Lipinski definition) is 4. The highest BCUT2D eigenvalue weighted by atomic mass is 35.5. The molecule has 0 aliphatic carbocycles.